The van der Waals surface area contributed by atoms with Crippen LogP contribution >= 0.6 is 0 Å². The number of carbonyl (C=O) groups excluding carboxylic acids is 1. The van der Waals surface area contributed by atoms with Crippen LogP contribution in [0, 0.1) is 0 Å². The second kappa shape index (κ2) is 3.88. The van der Waals surface area contributed by atoms with Crippen LogP contribution in [0.1, 0.15) is 30.1 Å². The van der Waals surface area contributed by atoms with E-state index in [1.54, 1.807) is 18.3 Å². The highest BCUT2D eigenvalue weighted by Gasteiger charge is 2.25. The number of anilines is 1. The minimum Gasteiger partial charge on any atom is -0.384 e. The van der Waals surface area contributed by atoms with Crippen LogP contribution in [0.5, 0.6) is 0 Å². The average molecular weight is 205 g/mol. The molecule has 1 saturated heterocycles. The second-order valence-electron chi connectivity index (χ2n) is 3.96. The van der Waals surface area contributed by atoms with Gasteiger partial charge in [-0.25, -0.2) is 4.98 Å². The molecule has 0 unspecified atom stereocenters. The van der Waals surface area contributed by atoms with Gasteiger partial charge in [0.15, 0.2) is 0 Å². The number of amides is 1. The fourth-order valence-electron chi connectivity index (χ4n) is 1.93. The van der Waals surface area contributed by atoms with Crippen LogP contribution < -0.4 is 5.73 Å². The summed E-state index contributed by atoms with van der Waals surface area (Å²) in [5, 5.41) is 0. The molecular weight excluding hydrogens is 190 g/mol. The minimum atomic E-state index is 0.0625. The summed E-state index contributed by atoms with van der Waals surface area (Å²) in [4.78, 5) is 17.8. The Bertz CT molecular complexity index is 361. The summed E-state index contributed by atoms with van der Waals surface area (Å²) in [5.41, 5.74) is 6.09. The predicted octanol–water partition coefficient (Wildman–Crippen LogP) is 1.29. The molecule has 1 aliphatic rings. The molecule has 4 heteroatoms. The van der Waals surface area contributed by atoms with E-state index in [1.165, 1.54) is 0 Å². The van der Waals surface area contributed by atoms with Crippen LogP contribution in [0.4, 0.5) is 5.82 Å². The molecule has 0 aromatic carbocycles. The van der Waals surface area contributed by atoms with Gasteiger partial charge in [-0.1, -0.05) is 0 Å². The van der Waals surface area contributed by atoms with Crippen molar-refractivity contribution < 1.29 is 4.79 Å². The van der Waals surface area contributed by atoms with E-state index in [4.69, 9.17) is 5.73 Å². The third-order valence-corrected chi connectivity index (χ3v) is 2.85. The van der Waals surface area contributed by atoms with Gasteiger partial charge in [0.2, 0.25) is 0 Å². The van der Waals surface area contributed by atoms with Crippen LogP contribution in [0.2, 0.25) is 0 Å². The standard InChI is InChI=1S/C11H15N3O/c1-8-3-2-6-14(8)11(15)9-4-5-10(12)13-7-9/h4-5,7-8H,2-3,6H2,1H3,(H2,12,13)/t8-/m1/s1. The molecule has 0 radical (unpaired) electrons. The molecule has 80 valence electrons. The summed E-state index contributed by atoms with van der Waals surface area (Å²) in [5.74, 6) is 0.508. The molecule has 1 atom stereocenters. The van der Waals surface area contributed by atoms with Crippen molar-refractivity contribution in [1.82, 2.24) is 9.88 Å². The van der Waals surface area contributed by atoms with Gasteiger partial charge in [0.1, 0.15) is 5.82 Å². The molecule has 15 heavy (non-hydrogen) atoms. The van der Waals surface area contributed by atoms with Gasteiger partial charge in [-0.15, -0.1) is 0 Å². The van der Waals surface area contributed by atoms with Crippen molar-refractivity contribution in [3.63, 3.8) is 0 Å². The summed E-state index contributed by atoms with van der Waals surface area (Å²) < 4.78 is 0. The monoisotopic (exact) mass is 205 g/mol. The molecule has 0 spiro atoms. The van der Waals surface area contributed by atoms with E-state index >= 15 is 0 Å². The topological polar surface area (TPSA) is 59.2 Å². The first-order valence-corrected chi connectivity index (χ1v) is 5.21. The van der Waals surface area contributed by atoms with Crippen LogP contribution in [0.25, 0.3) is 0 Å². The Kier molecular flexibility index (Phi) is 2.58. The largest absolute Gasteiger partial charge is 0.384 e. The lowest BCUT2D eigenvalue weighted by Crippen LogP contribution is -2.33. The van der Waals surface area contributed by atoms with Gasteiger partial charge < -0.3 is 10.6 Å². The fraction of sp³-hybridized carbons (Fsp3) is 0.455. The first-order chi connectivity index (χ1) is 7.18. The minimum absolute atomic E-state index is 0.0625. The highest BCUT2D eigenvalue weighted by atomic mass is 16.2. The van der Waals surface area contributed by atoms with Gasteiger partial charge >= 0.3 is 0 Å². The highest BCUT2D eigenvalue weighted by Crippen LogP contribution is 2.19. The van der Waals surface area contributed by atoms with Crippen LogP contribution in [0.15, 0.2) is 18.3 Å². The van der Waals surface area contributed by atoms with Crippen molar-refractivity contribution in [2.24, 2.45) is 0 Å². The summed E-state index contributed by atoms with van der Waals surface area (Å²) in [6.45, 7) is 2.93. The zero-order chi connectivity index (χ0) is 10.8. The van der Waals surface area contributed by atoms with Gasteiger partial charge in [-0.05, 0) is 31.9 Å². The smallest absolute Gasteiger partial charge is 0.255 e. The number of rotatable bonds is 1. The Hall–Kier alpha value is -1.58. The zero-order valence-electron chi connectivity index (χ0n) is 8.81. The lowest BCUT2D eigenvalue weighted by Gasteiger charge is -2.21. The van der Waals surface area contributed by atoms with Gasteiger partial charge in [-0.2, -0.15) is 0 Å². The molecule has 2 heterocycles. The molecule has 2 rings (SSSR count). The molecule has 1 aromatic heterocycles. The molecule has 2 N–H and O–H groups in total. The van der Waals surface area contributed by atoms with E-state index in [0.29, 0.717) is 17.4 Å². The van der Waals surface area contributed by atoms with Crippen LogP contribution in [-0.2, 0) is 0 Å². The van der Waals surface area contributed by atoms with Crippen molar-refractivity contribution in [3.05, 3.63) is 23.9 Å². The Morgan fingerprint density at radius 2 is 2.40 bits per heavy atom. The van der Waals surface area contributed by atoms with Crippen LogP contribution in [-0.4, -0.2) is 28.4 Å². The fourth-order valence-corrected chi connectivity index (χ4v) is 1.93. The molecule has 1 aliphatic heterocycles. The highest BCUT2D eigenvalue weighted by molar-refractivity contribution is 5.94. The number of likely N-dealkylation sites (tertiary alicyclic amines) is 1. The van der Waals surface area contributed by atoms with Crippen molar-refractivity contribution in [3.8, 4) is 0 Å². The number of nitrogens with zero attached hydrogens (tertiary/aromatic N) is 2. The maximum Gasteiger partial charge on any atom is 0.255 e. The van der Waals surface area contributed by atoms with Gasteiger partial charge in [0, 0.05) is 18.8 Å². The Labute approximate surface area is 89.1 Å². The van der Waals surface area contributed by atoms with Gasteiger partial charge in [0.05, 0.1) is 5.56 Å². The Morgan fingerprint density at radius 1 is 1.60 bits per heavy atom. The molecule has 4 nitrogen and oxygen atoms in total. The quantitative estimate of drug-likeness (QED) is 0.751. The lowest BCUT2D eigenvalue weighted by molar-refractivity contribution is 0.0747. The van der Waals surface area contributed by atoms with Crippen molar-refractivity contribution in [1.29, 1.82) is 0 Å². The Morgan fingerprint density at radius 3 is 2.93 bits per heavy atom. The van der Waals surface area contributed by atoms with E-state index in [0.717, 1.165) is 19.4 Å². The zero-order valence-corrected chi connectivity index (χ0v) is 8.81. The van der Waals surface area contributed by atoms with E-state index in [9.17, 15) is 4.79 Å². The maximum absolute atomic E-state index is 12.0. The number of hydrogen-bond donors (Lipinski definition) is 1. The van der Waals surface area contributed by atoms with Crippen molar-refractivity contribution >= 4 is 11.7 Å². The SMILES string of the molecule is C[C@@H]1CCCN1C(=O)c1ccc(N)nc1. The average Bonchev–Trinajstić information content (AvgIpc) is 2.65. The van der Waals surface area contributed by atoms with E-state index in [-0.39, 0.29) is 5.91 Å². The second-order valence-corrected chi connectivity index (χ2v) is 3.96. The number of pyridine rings is 1. The van der Waals surface area contributed by atoms with E-state index in [1.807, 2.05) is 4.90 Å². The Balaban J connectivity index is 2.17. The number of carbonyl (C=O) groups is 1. The van der Waals surface area contributed by atoms with Crippen molar-refractivity contribution in [2.75, 3.05) is 12.3 Å². The van der Waals surface area contributed by atoms with Crippen molar-refractivity contribution in [2.45, 2.75) is 25.8 Å². The first-order valence-electron chi connectivity index (χ1n) is 5.21. The van der Waals surface area contributed by atoms with Gasteiger partial charge in [0.25, 0.3) is 5.91 Å². The molecule has 0 aliphatic carbocycles. The summed E-state index contributed by atoms with van der Waals surface area (Å²) in [6.07, 6.45) is 3.73. The normalized spacial score (nSPS) is 20.6. The van der Waals surface area contributed by atoms with Gasteiger partial charge in [-0.3, -0.25) is 4.79 Å². The number of aromatic nitrogens is 1. The van der Waals surface area contributed by atoms with E-state index in [2.05, 4.69) is 11.9 Å². The van der Waals surface area contributed by atoms with E-state index < -0.39 is 0 Å². The molecule has 0 saturated carbocycles. The number of nitrogen functional groups attached to an aromatic ring is 1. The first kappa shape index (κ1) is 9.96. The number of hydrogen-bond acceptors (Lipinski definition) is 3. The molecule has 1 amide bonds. The molecule has 1 fully saturated rings. The van der Waals surface area contributed by atoms with Crippen LogP contribution in [0.3, 0.4) is 0 Å². The lowest BCUT2D eigenvalue weighted by atomic mass is 10.2. The summed E-state index contributed by atoms with van der Waals surface area (Å²) in [7, 11) is 0. The molecule has 0 bridgehead atoms. The number of nitrogens with two attached hydrogens (primary N) is 1. The molecular formula is C11H15N3O. The third-order valence-electron chi connectivity index (χ3n) is 2.85. The third kappa shape index (κ3) is 1.93. The summed E-state index contributed by atoms with van der Waals surface area (Å²) in [6, 6.07) is 3.74. The predicted molar refractivity (Wildman–Crippen MR) is 58.4 cm³/mol. The maximum atomic E-state index is 12.0. The molecule has 1 aromatic rings. The summed E-state index contributed by atoms with van der Waals surface area (Å²) >= 11 is 0.